The van der Waals surface area contributed by atoms with Crippen LogP contribution in [0.3, 0.4) is 0 Å². The van der Waals surface area contributed by atoms with E-state index in [9.17, 15) is 18.8 Å². The van der Waals surface area contributed by atoms with Gasteiger partial charge in [0.1, 0.15) is 12.2 Å². The van der Waals surface area contributed by atoms with Gasteiger partial charge in [-0.3, -0.25) is 14.4 Å². The van der Waals surface area contributed by atoms with E-state index in [-0.39, 0.29) is 11.6 Å². The third kappa shape index (κ3) is 4.20. The van der Waals surface area contributed by atoms with Gasteiger partial charge in [0.2, 0.25) is 11.8 Å². The van der Waals surface area contributed by atoms with Gasteiger partial charge in [0.15, 0.2) is 0 Å². The number of nitrogens with one attached hydrogen (secondary N) is 2. The van der Waals surface area contributed by atoms with Crippen LogP contribution in [0.1, 0.15) is 13.3 Å². The van der Waals surface area contributed by atoms with Crippen molar-refractivity contribution in [3.05, 3.63) is 24.0 Å². The molecule has 0 bridgehead atoms. The Morgan fingerprint density at radius 3 is 2.50 bits per heavy atom. The smallest absolute Gasteiger partial charge is 0.312 e. The van der Waals surface area contributed by atoms with E-state index in [1.165, 1.54) is 19.1 Å². The lowest BCUT2D eigenvalue weighted by Crippen LogP contribution is -2.17. The molecular weight excluding hydrogens is 243 g/mol. The molecular formula is C11H11FN2O4. The molecule has 1 aromatic rings. The minimum atomic E-state index is -1.31. The lowest BCUT2D eigenvalue weighted by Gasteiger charge is -2.08. The number of anilines is 2. The van der Waals surface area contributed by atoms with Gasteiger partial charge in [-0.15, -0.1) is 0 Å². The minimum Gasteiger partial charge on any atom is -0.481 e. The van der Waals surface area contributed by atoms with Gasteiger partial charge in [-0.25, -0.2) is 4.39 Å². The molecule has 3 N–H and O–H groups in total. The summed E-state index contributed by atoms with van der Waals surface area (Å²) in [6.07, 6.45) is -0.760. The van der Waals surface area contributed by atoms with E-state index in [1.807, 2.05) is 0 Å². The van der Waals surface area contributed by atoms with Crippen molar-refractivity contribution in [3.63, 3.8) is 0 Å². The van der Waals surface area contributed by atoms with E-state index in [0.29, 0.717) is 5.69 Å². The van der Waals surface area contributed by atoms with Crippen molar-refractivity contribution in [1.29, 1.82) is 0 Å². The summed E-state index contributed by atoms with van der Waals surface area (Å²) in [7, 11) is 0. The molecule has 0 saturated carbocycles. The van der Waals surface area contributed by atoms with E-state index in [2.05, 4.69) is 10.6 Å². The highest BCUT2D eigenvalue weighted by atomic mass is 19.1. The van der Waals surface area contributed by atoms with Crippen LogP contribution in [0.15, 0.2) is 18.2 Å². The Morgan fingerprint density at radius 1 is 1.28 bits per heavy atom. The highest BCUT2D eigenvalue weighted by Crippen LogP contribution is 2.19. The fraction of sp³-hybridized carbons (Fsp3) is 0.182. The summed E-state index contributed by atoms with van der Waals surface area (Å²) in [6.45, 7) is 1.28. The van der Waals surface area contributed by atoms with Crippen LogP contribution in [0, 0.1) is 5.82 Å². The maximum Gasteiger partial charge on any atom is 0.312 e. The molecule has 18 heavy (non-hydrogen) atoms. The Kier molecular flexibility index (Phi) is 4.36. The Labute approximate surface area is 102 Å². The highest BCUT2D eigenvalue weighted by molar-refractivity contribution is 6.01. The van der Waals surface area contributed by atoms with Crippen molar-refractivity contribution < 1.29 is 23.9 Å². The van der Waals surface area contributed by atoms with Gasteiger partial charge in [0.25, 0.3) is 0 Å². The third-order valence-corrected chi connectivity index (χ3v) is 1.87. The Hall–Kier alpha value is -2.44. The highest BCUT2D eigenvalue weighted by Gasteiger charge is 2.11. The lowest BCUT2D eigenvalue weighted by molar-refractivity contribution is -0.139. The molecule has 0 fully saturated rings. The number of hydrogen-bond acceptors (Lipinski definition) is 3. The van der Waals surface area contributed by atoms with Gasteiger partial charge >= 0.3 is 5.97 Å². The fourth-order valence-corrected chi connectivity index (χ4v) is 1.23. The third-order valence-electron chi connectivity index (χ3n) is 1.87. The summed E-state index contributed by atoms with van der Waals surface area (Å²) in [6, 6.07) is 3.59. The Bertz CT molecular complexity index is 502. The van der Waals surface area contributed by atoms with Crippen molar-refractivity contribution in [2.75, 3.05) is 10.6 Å². The van der Waals surface area contributed by atoms with E-state index in [1.54, 1.807) is 0 Å². The average Bonchev–Trinajstić information content (AvgIpc) is 2.21. The monoisotopic (exact) mass is 254 g/mol. The second kappa shape index (κ2) is 5.76. The number of carboxylic acids is 1. The maximum absolute atomic E-state index is 13.3. The van der Waals surface area contributed by atoms with E-state index < -0.39 is 24.1 Å². The predicted octanol–water partition coefficient (Wildman–Crippen LogP) is 1.20. The van der Waals surface area contributed by atoms with Crippen LogP contribution in [0.5, 0.6) is 0 Å². The summed E-state index contributed by atoms with van der Waals surface area (Å²) in [5, 5.41) is 12.9. The SMILES string of the molecule is CC(=O)Nc1ccc(F)c(NC(=O)CC(=O)O)c1. The molecule has 6 nitrogen and oxygen atoms in total. The van der Waals surface area contributed by atoms with Crippen molar-refractivity contribution in [1.82, 2.24) is 0 Å². The molecule has 0 spiro atoms. The quantitative estimate of drug-likeness (QED) is 0.703. The number of carbonyl (C=O) groups is 3. The van der Waals surface area contributed by atoms with Gasteiger partial charge in [0.05, 0.1) is 5.69 Å². The second-order valence-electron chi connectivity index (χ2n) is 3.49. The molecule has 0 aliphatic heterocycles. The Balaban J connectivity index is 2.84. The van der Waals surface area contributed by atoms with Crippen LogP contribution in [-0.2, 0) is 14.4 Å². The Morgan fingerprint density at radius 2 is 1.94 bits per heavy atom. The summed E-state index contributed by atoms with van der Waals surface area (Å²) >= 11 is 0. The van der Waals surface area contributed by atoms with Gasteiger partial charge < -0.3 is 15.7 Å². The molecule has 0 atom stereocenters. The van der Waals surface area contributed by atoms with E-state index in [4.69, 9.17) is 5.11 Å². The number of halogens is 1. The van der Waals surface area contributed by atoms with Crippen LogP contribution < -0.4 is 10.6 Å². The maximum atomic E-state index is 13.3. The average molecular weight is 254 g/mol. The van der Waals surface area contributed by atoms with Crippen LogP contribution >= 0.6 is 0 Å². The summed E-state index contributed by atoms with van der Waals surface area (Å²) < 4.78 is 13.3. The zero-order valence-corrected chi connectivity index (χ0v) is 9.49. The fourth-order valence-electron chi connectivity index (χ4n) is 1.23. The van der Waals surface area contributed by atoms with E-state index >= 15 is 0 Å². The van der Waals surface area contributed by atoms with Crippen molar-refractivity contribution >= 4 is 29.2 Å². The van der Waals surface area contributed by atoms with Crippen LogP contribution in [0.4, 0.5) is 15.8 Å². The van der Waals surface area contributed by atoms with Crippen molar-refractivity contribution in [2.24, 2.45) is 0 Å². The summed E-state index contributed by atoms with van der Waals surface area (Å²) in [5.74, 6) is -3.22. The molecule has 2 amide bonds. The van der Waals surface area contributed by atoms with Crippen molar-refractivity contribution in [3.8, 4) is 0 Å². The first kappa shape index (κ1) is 13.6. The molecule has 96 valence electrons. The van der Waals surface area contributed by atoms with E-state index in [0.717, 1.165) is 6.07 Å². The first-order chi connectivity index (χ1) is 8.38. The summed E-state index contributed by atoms with van der Waals surface area (Å²) in [4.78, 5) is 32.3. The number of hydrogen-bond donors (Lipinski definition) is 3. The summed E-state index contributed by atoms with van der Waals surface area (Å²) in [5.41, 5.74) is 0.113. The molecule has 0 heterocycles. The largest absolute Gasteiger partial charge is 0.481 e. The lowest BCUT2D eigenvalue weighted by atomic mass is 10.2. The number of carboxylic acid groups (broad SMARTS) is 1. The van der Waals surface area contributed by atoms with Crippen LogP contribution in [0.2, 0.25) is 0 Å². The van der Waals surface area contributed by atoms with Gasteiger partial charge in [-0.05, 0) is 18.2 Å². The molecule has 0 aliphatic rings. The number of carbonyl (C=O) groups excluding carboxylic acids is 2. The normalized spacial score (nSPS) is 9.67. The minimum absolute atomic E-state index is 0.187. The molecule has 0 saturated heterocycles. The number of rotatable bonds is 4. The van der Waals surface area contributed by atoms with Gasteiger partial charge in [-0.1, -0.05) is 0 Å². The van der Waals surface area contributed by atoms with Crippen LogP contribution in [-0.4, -0.2) is 22.9 Å². The van der Waals surface area contributed by atoms with Gasteiger partial charge in [0, 0.05) is 12.6 Å². The molecule has 0 unspecified atom stereocenters. The van der Waals surface area contributed by atoms with Crippen LogP contribution in [0.25, 0.3) is 0 Å². The standard InChI is InChI=1S/C11H11FN2O4/c1-6(15)13-7-2-3-8(12)9(4-7)14-10(16)5-11(17)18/h2-4H,5H2,1H3,(H,13,15)(H,14,16)(H,17,18). The molecule has 0 aliphatic carbocycles. The van der Waals surface area contributed by atoms with Crippen molar-refractivity contribution in [2.45, 2.75) is 13.3 Å². The number of amides is 2. The second-order valence-corrected chi connectivity index (χ2v) is 3.49. The molecule has 1 rings (SSSR count). The molecule has 7 heteroatoms. The molecule has 0 radical (unpaired) electrons. The zero-order chi connectivity index (χ0) is 13.7. The van der Waals surface area contributed by atoms with Gasteiger partial charge in [-0.2, -0.15) is 0 Å². The zero-order valence-electron chi connectivity index (χ0n) is 9.49. The number of aliphatic carboxylic acids is 1. The molecule has 1 aromatic carbocycles. The topological polar surface area (TPSA) is 95.5 Å². The first-order valence-corrected chi connectivity index (χ1v) is 4.97. The number of benzene rings is 1. The first-order valence-electron chi connectivity index (χ1n) is 4.97. The predicted molar refractivity (Wildman–Crippen MR) is 61.6 cm³/mol. The molecule has 0 aromatic heterocycles.